The molecule has 1 aliphatic rings. The molecule has 0 spiro atoms. The topological polar surface area (TPSA) is 70.7 Å². The maximum atomic E-state index is 13.5. The van der Waals surface area contributed by atoms with Gasteiger partial charge in [-0.1, -0.05) is 36.4 Å². The standard InChI is InChI=1S/C23H28FN3O3/c1-17-9-10-19(15-20(17)24)26-23(29)22(28)25-11-5-6-12-27-13-14-30-21(16-27)18-7-3-2-4-8-18/h2-4,7-10,15,21H,5-6,11-14,16H2,1H3,(H,25,28)(H,26,29)/t21-/m1/s1. The lowest BCUT2D eigenvalue weighted by Crippen LogP contribution is -2.39. The van der Waals surface area contributed by atoms with Gasteiger partial charge < -0.3 is 15.4 Å². The Kier molecular flexibility index (Phi) is 7.93. The second kappa shape index (κ2) is 10.8. The smallest absolute Gasteiger partial charge is 0.313 e. The summed E-state index contributed by atoms with van der Waals surface area (Å²) in [7, 11) is 0. The van der Waals surface area contributed by atoms with Gasteiger partial charge in [-0.2, -0.15) is 0 Å². The number of carbonyl (C=O) groups is 2. The van der Waals surface area contributed by atoms with Gasteiger partial charge in [0, 0.05) is 25.3 Å². The summed E-state index contributed by atoms with van der Waals surface area (Å²) >= 11 is 0. The fourth-order valence-electron chi connectivity index (χ4n) is 3.38. The van der Waals surface area contributed by atoms with Crippen molar-refractivity contribution in [2.24, 2.45) is 0 Å². The van der Waals surface area contributed by atoms with Crippen LogP contribution in [0.3, 0.4) is 0 Å². The van der Waals surface area contributed by atoms with Gasteiger partial charge in [0.15, 0.2) is 0 Å². The number of halogens is 1. The Morgan fingerprint density at radius 1 is 1.13 bits per heavy atom. The van der Waals surface area contributed by atoms with Crippen LogP contribution < -0.4 is 10.6 Å². The lowest BCUT2D eigenvalue weighted by Gasteiger charge is -2.33. The molecule has 160 valence electrons. The maximum Gasteiger partial charge on any atom is 0.313 e. The molecule has 7 heteroatoms. The number of morpholine rings is 1. The van der Waals surface area contributed by atoms with Crippen molar-refractivity contribution in [1.82, 2.24) is 10.2 Å². The third kappa shape index (κ3) is 6.37. The van der Waals surface area contributed by atoms with E-state index < -0.39 is 17.6 Å². The molecule has 0 bridgehead atoms. The van der Waals surface area contributed by atoms with E-state index in [4.69, 9.17) is 4.74 Å². The number of rotatable bonds is 7. The molecule has 0 saturated carbocycles. The molecule has 0 unspecified atom stereocenters. The molecule has 1 atom stereocenters. The second-order valence-electron chi connectivity index (χ2n) is 7.45. The van der Waals surface area contributed by atoms with Gasteiger partial charge >= 0.3 is 11.8 Å². The van der Waals surface area contributed by atoms with Crippen LogP contribution in [0.4, 0.5) is 10.1 Å². The van der Waals surface area contributed by atoms with E-state index in [9.17, 15) is 14.0 Å². The highest BCUT2D eigenvalue weighted by Crippen LogP contribution is 2.22. The summed E-state index contributed by atoms with van der Waals surface area (Å²) < 4.78 is 19.4. The number of nitrogens with zero attached hydrogens (tertiary/aromatic N) is 1. The summed E-state index contributed by atoms with van der Waals surface area (Å²) in [6, 6.07) is 14.5. The Morgan fingerprint density at radius 3 is 2.70 bits per heavy atom. The number of aryl methyl sites for hydroxylation is 1. The van der Waals surface area contributed by atoms with E-state index in [1.54, 1.807) is 19.1 Å². The van der Waals surface area contributed by atoms with Crippen molar-refractivity contribution >= 4 is 17.5 Å². The molecular weight excluding hydrogens is 385 g/mol. The van der Waals surface area contributed by atoms with Crippen LogP contribution in [0.15, 0.2) is 48.5 Å². The Labute approximate surface area is 176 Å². The van der Waals surface area contributed by atoms with Gasteiger partial charge in [-0.3, -0.25) is 14.5 Å². The van der Waals surface area contributed by atoms with Crippen molar-refractivity contribution in [2.45, 2.75) is 25.9 Å². The molecular formula is C23H28FN3O3. The van der Waals surface area contributed by atoms with Crippen LogP contribution in [0.25, 0.3) is 0 Å². The lowest BCUT2D eigenvalue weighted by atomic mass is 10.1. The average molecular weight is 413 g/mol. The van der Waals surface area contributed by atoms with E-state index >= 15 is 0 Å². The minimum atomic E-state index is -0.794. The van der Waals surface area contributed by atoms with Gasteiger partial charge in [-0.25, -0.2) is 4.39 Å². The molecule has 0 aliphatic carbocycles. The van der Waals surface area contributed by atoms with Crippen LogP contribution in [0.1, 0.15) is 30.1 Å². The largest absolute Gasteiger partial charge is 0.371 e. The molecule has 2 amide bonds. The van der Waals surface area contributed by atoms with Crippen LogP contribution in [-0.4, -0.2) is 49.5 Å². The summed E-state index contributed by atoms with van der Waals surface area (Å²) in [6.45, 7) is 5.41. The number of hydrogen-bond donors (Lipinski definition) is 2. The lowest BCUT2D eigenvalue weighted by molar-refractivity contribution is -0.136. The van der Waals surface area contributed by atoms with Crippen molar-refractivity contribution < 1.29 is 18.7 Å². The minimum Gasteiger partial charge on any atom is -0.371 e. The van der Waals surface area contributed by atoms with Crippen molar-refractivity contribution in [1.29, 1.82) is 0 Å². The van der Waals surface area contributed by atoms with E-state index in [0.29, 0.717) is 18.7 Å². The number of anilines is 1. The molecule has 1 aliphatic heterocycles. The highest BCUT2D eigenvalue weighted by atomic mass is 19.1. The van der Waals surface area contributed by atoms with E-state index in [1.807, 2.05) is 18.2 Å². The SMILES string of the molecule is Cc1ccc(NC(=O)C(=O)NCCCCN2CCO[C@@H](c3ccccc3)C2)cc1F. The van der Waals surface area contributed by atoms with Crippen molar-refractivity contribution in [3.8, 4) is 0 Å². The van der Waals surface area contributed by atoms with Crippen molar-refractivity contribution in [3.63, 3.8) is 0 Å². The summed E-state index contributed by atoms with van der Waals surface area (Å²) in [5.41, 5.74) is 1.93. The first-order chi connectivity index (χ1) is 14.5. The summed E-state index contributed by atoms with van der Waals surface area (Å²) in [5, 5.41) is 5.02. The third-order valence-corrected chi connectivity index (χ3v) is 5.14. The van der Waals surface area contributed by atoms with Gasteiger partial charge in [-0.15, -0.1) is 0 Å². The van der Waals surface area contributed by atoms with E-state index in [0.717, 1.165) is 32.5 Å². The molecule has 0 radical (unpaired) electrons. The second-order valence-corrected chi connectivity index (χ2v) is 7.45. The Bertz CT molecular complexity index is 860. The third-order valence-electron chi connectivity index (χ3n) is 5.14. The summed E-state index contributed by atoms with van der Waals surface area (Å²) in [6.07, 6.45) is 1.77. The number of carbonyl (C=O) groups excluding carboxylic acids is 2. The molecule has 1 fully saturated rings. The molecule has 6 nitrogen and oxygen atoms in total. The average Bonchev–Trinajstić information content (AvgIpc) is 2.76. The molecule has 2 aromatic carbocycles. The fourth-order valence-corrected chi connectivity index (χ4v) is 3.38. The molecule has 1 saturated heterocycles. The molecule has 30 heavy (non-hydrogen) atoms. The first-order valence-electron chi connectivity index (χ1n) is 10.3. The first-order valence-corrected chi connectivity index (χ1v) is 10.3. The number of hydrogen-bond acceptors (Lipinski definition) is 4. The molecule has 3 rings (SSSR count). The van der Waals surface area contributed by atoms with Gasteiger partial charge in [0.1, 0.15) is 5.82 Å². The van der Waals surface area contributed by atoms with Crippen LogP contribution in [0.2, 0.25) is 0 Å². The van der Waals surface area contributed by atoms with Gasteiger partial charge in [-0.05, 0) is 49.6 Å². The highest BCUT2D eigenvalue weighted by Gasteiger charge is 2.21. The van der Waals surface area contributed by atoms with Crippen LogP contribution in [0, 0.1) is 12.7 Å². The van der Waals surface area contributed by atoms with Gasteiger partial charge in [0.2, 0.25) is 0 Å². The number of nitrogens with one attached hydrogen (secondary N) is 2. The van der Waals surface area contributed by atoms with E-state index in [1.165, 1.54) is 11.6 Å². The fraction of sp³-hybridized carbons (Fsp3) is 0.391. The zero-order chi connectivity index (χ0) is 21.3. The number of ether oxygens (including phenoxy) is 1. The predicted molar refractivity (Wildman–Crippen MR) is 114 cm³/mol. The van der Waals surface area contributed by atoms with Crippen molar-refractivity contribution in [3.05, 3.63) is 65.5 Å². The quantitative estimate of drug-likeness (QED) is 0.541. The highest BCUT2D eigenvalue weighted by molar-refractivity contribution is 6.39. The Hall–Kier alpha value is -2.77. The predicted octanol–water partition coefficient (Wildman–Crippen LogP) is 3.04. The molecule has 0 aromatic heterocycles. The van der Waals surface area contributed by atoms with E-state index in [-0.39, 0.29) is 11.8 Å². The maximum absolute atomic E-state index is 13.5. The number of amides is 2. The van der Waals surface area contributed by atoms with Gasteiger partial charge in [0.25, 0.3) is 0 Å². The molecule has 2 aromatic rings. The van der Waals surface area contributed by atoms with Crippen LogP contribution in [-0.2, 0) is 14.3 Å². The van der Waals surface area contributed by atoms with Crippen molar-refractivity contribution in [2.75, 3.05) is 38.1 Å². The monoisotopic (exact) mass is 413 g/mol. The first kappa shape index (κ1) is 21.9. The summed E-state index contributed by atoms with van der Waals surface area (Å²) in [4.78, 5) is 26.2. The Morgan fingerprint density at radius 2 is 1.93 bits per heavy atom. The molecule has 1 heterocycles. The zero-order valence-electron chi connectivity index (χ0n) is 17.2. The number of benzene rings is 2. The summed E-state index contributed by atoms with van der Waals surface area (Å²) in [5.74, 6) is -1.94. The minimum absolute atomic E-state index is 0.0926. The number of unbranched alkanes of at least 4 members (excludes halogenated alkanes) is 1. The molecule has 2 N–H and O–H groups in total. The van der Waals surface area contributed by atoms with Crippen LogP contribution in [0.5, 0.6) is 0 Å². The Balaban J connectivity index is 1.33. The van der Waals surface area contributed by atoms with Crippen LogP contribution >= 0.6 is 0 Å². The van der Waals surface area contributed by atoms with Gasteiger partial charge in [0.05, 0.1) is 12.7 Å². The zero-order valence-corrected chi connectivity index (χ0v) is 17.2. The normalized spacial score (nSPS) is 16.8. The van der Waals surface area contributed by atoms with E-state index in [2.05, 4.69) is 27.7 Å².